The van der Waals surface area contributed by atoms with Gasteiger partial charge in [0.1, 0.15) is 0 Å². The molecule has 0 N–H and O–H groups in total. The number of benzene rings is 4. The predicted octanol–water partition coefficient (Wildman–Crippen LogP) is 8.51. The summed E-state index contributed by atoms with van der Waals surface area (Å²) < 4.78 is 35.0. The molecular weight excluding hydrogens is 672 g/mol. The standard InChI is InChI=1S/C21H23NO3.C18H18BrNO3/c1-14-10-18(12-20-21(14)25-13-24-20)22-7-9-23-8-6-17-11-16(15-2-3-15)4-5-19(17)22;1-12-8-15(10-17-18(12)23-11-22-17)20-5-7-21-6-4-13-9-14(19)2-3-16(13)20/h4-5,10-12,15H,2-3,6-9,13H2,1H3;2-3,8-10H,4-7,11H2,1H3. The van der Waals surface area contributed by atoms with Crippen LogP contribution in [0.2, 0.25) is 0 Å². The lowest BCUT2D eigenvalue weighted by molar-refractivity contribution is 0.142. The molecular formula is C39H41BrN2O6. The summed E-state index contributed by atoms with van der Waals surface area (Å²) in [4.78, 5) is 4.66. The summed E-state index contributed by atoms with van der Waals surface area (Å²) in [6.45, 7) is 9.40. The van der Waals surface area contributed by atoms with Gasteiger partial charge in [0.15, 0.2) is 23.0 Å². The van der Waals surface area contributed by atoms with Crippen molar-refractivity contribution in [3.05, 3.63) is 93.0 Å². The van der Waals surface area contributed by atoms with Crippen LogP contribution in [0.4, 0.5) is 22.7 Å². The summed E-state index contributed by atoms with van der Waals surface area (Å²) in [6, 6.07) is 21.9. The van der Waals surface area contributed by atoms with Crippen LogP contribution in [-0.2, 0) is 22.3 Å². The third-order valence-electron chi connectivity index (χ3n) is 9.63. The quantitative estimate of drug-likeness (QED) is 0.210. The SMILES string of the molecule is Cc1cc(N2CCOCCc3cc(Br)ccc32)cc2c1OCO2.Cc1cc(N2CCOCCc3cc(C4CC4)ccc32)cc2c1OCO2. The normalized spacial score (nSPS) is 18.1. The zero-order chi connectivity index (χ0) is 32.6. The highest BCUT2D eigenvalue weighted by Crippen LogP contribution is 2.45. The van der Waals surface area contributed by atoms with E-state index in [2.05, 4.69) is 100 Å². The van der Waals surface area contributed by atoms with E-state index in [1.54, 1.807) is 0 Å². The van der Waals surface area contributed by atoms with Gasteiger partial charge in [-0.2, -0.15) is 0 Å². The van der Waals surface area contributed by atoms with Crippen LogP contribution in [0.25, 0.3) is 0 Å². The van der Waals surface area contributed by atoms with E-state index in [4.69, 9.17) is 28.4 Å². The Labute approximate surface area is 290 Å². The molecule has 1 saturated carbocycles. The third-order valence-corrected chi connectivity index (χ3v) is 10.1. The van der Waals surface area contributed by atoms with E-state index in [0.29, 0.717) is 20.2 Å². The first-order valence-corrected chi connectivity index (χ1v) is 17.7. The highest BCUT2D eigenvalue weighted by Gasteiger charge is 2.27. The molecule has 0 bridgehead atoms. The van der Waals surface area contributed by atoms with Crippen molar-refractivity contribution in [3.63, 3.8) is 0 Å². The molecule has 4 heterocycles. The molecule has 48 heavy (non-hydrogen) atoms. The predicted molar refractivity (Wildman–Crippen MR) is 190 cm³/mol. The van der Waals surface area contributed by atoms with Gasteiger partial charge in [-0.05, 0) is 110 Å². The summed E-state index contributed by atoms with van der Waals surface area (Å²) in [7, 11) is 0. The number of aryl methyl sites for hydroxylation is 2. The lowest BCUT2D eigenvalue weighted by Gasteiger charge is -2.30. The van der Waals surface area contributed by atoms with Crippen LogP contribution in [0.1, 0.15) is 46.6 Å². The monoisotopic (exact) mass is 712 g/mol. The molecule has 0 amide bonds. The molecule has 5 aliphatic rings. The number of anilines is 4. The molecule has 0 saturated heterocycles. The molecule has 9 heteroatoms. The van der Waals surface area contributed by atoms with E-state index in [0.717, 1.165) is 102 Å². The largest absolute Gasteiger partial charge is 0.454 e. The smallest absolute Gasteiger partial charge is 0.231 e. The minimum absolute atomic E-state index is 0.298. The maximum Gasteiger partial charge on any atom is 0.231 e. The first kappa shape index (κ1) is 31.4. The second-order valence-corrected chi connectivity index (χ2v) is 13.9. The van der Waals surface area contributed by atoms with E-state index in [-0.39, 0.29) is 0 Å². The Morgan fingerprint density at radius 2 is 1.15 bits per heavy atom. The average Bonchev–Trinajstić information content (AvgIpc) is 3.59. The molecule has 9 rings (SSSR count). The lowest BCUT2D eigenvalue weighted by atomic mass is 10.0. The second kappa shape index (κ2) is 13.5. The Bertz CT molecular complexity index is 1830. The first-order chi connectivity index (χ1) is 23.5. The Morgan fingerprint density at radius 1 is 0.604 bits per heavy atom. The molecule has 8 nitrogen and oxygen atoms in total. The summed E-state index contributed by atoms with van der Waals surface area (Å²) in [5.74, 6) is 4.16. The van der Waals surface area contributed by atoms with E-state index in [9.17, 15) is 0 Å². The molecule has 0 aromatic heterocycles. The first-order valence-electron chi connectivity index (χ1n) is 16.9. The number of rotatable bonds is 3. The van der Waals surface area contributed by atoms with Crippen LogP contribution in [0.3, 0.4) is 0 Å². The molecule has 0 radical (unpaired) electrons. The molecule has 250 valence electrons. The van der Waals surface area contributed by atoms with Crippen molar-refractivity contribution in [1.82, 2.24) is 0 Å². The minimum Gasteiger partial charge on any atom is -0.454 e. The molecule has 0 spiro atoms. The number of halogens is 1. The Kier molecular flexibility index (Phi) is 8.84. The van der Waals surface area contributed by atoms with Crippen molar-refractivity contribution in [1.29, 1.82) is 0 Å². The number of ether oxygens (including phenoxy) is 6. The van der Waals surface area contributed by atoms with Crippen LogP contribution < -0.4 is 28.7 Å². The van der Waals surface area contributed by atoms with Crippen molar-refractivity contribution < 1.29 is 28.4 Å². The van der Waals surface area contributed by atoms with E-state index in [1.807, 2.05) is 0 Å². The van der Waals surface area contributed by atoms with Crippen LogP contribution in [0.5, 0.6) is 23.0 Å². The van der Waals surface area contributed by atoms with Gasteiger partial charge in [0.2, 0.25) is 13.6 Å². The van der Waals surface area contributed by atoms with Crippen LogP contribution in [0, 0.1) is 13.8 Å². The zero-order valence-electron chi connectivity index (χ0n) is 27.6. The number of nitrogens with zero attached hydrogens (tertiary/aromatic N) is 2. The second-order valence-electron chi connectivity index (χ2n) is 13.0. The molecule has 4 aromatic rings. The Morgan fingerprint density at radius 3 is 1.71 bits per heavy atom. The van der Waals surface area contributed by atoms with Crippen LogP contribution >= 0.6 is 15.9 Å². The van der Waals surface area contributed by atoms with Gasteiger partial charge in [-0.25, -0.2) is 0 Å². The fourth-order valence-corrected chi connectivity index (χ4v) is 7.47. The van der Waals surface area contributed by atoms with Crippen molar-refractivity contribution >= 4 is 38.7 Å². The molecule has 1 aliphatic carbocycles. The molecule has 0 atom stereocenters. The topological polar surface area (TPSA) is 61.9 Å². The van der Waals surface area contributed by atoms with E-state index < -0.39 is 0 Å². The molecule has 1 fully saturated rings. The minimum atomic E-state index is 0.298. The Hall–Kier alpha value is -3.92. The highest BCUT2D eigenvalue weighted by atomic mass is 79.9. The fourth-order valence-electron chi connectivity index (χ4n) is 7.06. The van der Waals surface area contributed by atoms with Gasteiger partial charge >= 0.3 is 0 Å². The zero-order valence-corrected chi connectivity index (χ0v) is 29.1. The van der Waals surface area contributed by atoms with Gasteiger partial charge in [-0.3, -0.25) is 0 Å². The summed E-state index contributed by atoms with van der Waals surface area (Å²) in [5.41, 5.74) is 11.2. The van der Waals surface area contributed by atoms with Gasteiger partial charge in [0.05, 0.1) is 26.4 Å². The Balaban J connectivity index is 0.000000141. The maximum absolute atomic E-state index is 5.82. The van der Waals surface area contributed by atoms with Crippen LogP contribution in [0.15, 0.2) is 65.1 Å². The summed E-state index contributed by atoms with van der Waals surface area (Å²) in [5, 5.41) is 0. The number of fused-ring (bicyclic) bond motifs is 4. The highest BCUT2D eigenvalue weighted by molar-refractivity contribution is 9.10. The van der Waals surface area contributed by atoms with E-state index >= 15 is 0 Å². The summed E-state index contributed by atoms with van der Waals surface area (Å²) in [6.07, 6.45) is 4.55. The van der Waals surface area contributed by atoms with Crippen molar-refractivity contribution in [3.8, 4) is 23.0 Å². The van der Waals surface area contributed by atoms with Gasteiger partial charge in [-0.15, -0.1) is 0 Å². The van der Waals surface area contributed by atoms with Gasteiger partial charge in [-0.1, -0.05) is 28.1 Å². The maximum atomic E-state index is 5.82. The van der Waals surface area contributed by atoms with Gasteiger partial charge in [0, 0.05) is 52.4 Å². The number of hydrogen-bond acceptors (Lipinski definition) is 8. The molecule has 4 aromatic carbocycles. The fraction of sp³-hybridized carbons (Fsp3) is 0.385. The van der Waals surface area contributed by atoms with Crippen LogP contribution in [-0.4, -0.2) is 53.1 Å². The lowest BCUT2D eigenvalue weighted by Crippen LogP contribution is -2.26. The van der Waals surface area contributed by atoms with Crippen molar-refractivity contribution in [2.24, 2.45) is 0 Å². The third kappa shape index (κ3) is 6.43. The average molecular weight is 714 g/mol. The van der Waals surface area contributed by atoms with Gasteiger partial charge < -0.3 is 38.2 Å². The van der Waals surface area contributed by atoms with Crippen molar-refractivity contribution in [2.75, 3.05) is 62.9 Å². The molecule has 0 unspecified atom stereocenters. The van der Waals surface area contributed by atoms with Gasteiger partial charge in [0.25, 0.3) is 0 Å². The van der Waals surface area contributed by atoms with E-state index in [1.165, 1.54) is 40.9 Å². The van der Waals surface area contributed by atoms with Crippen molar-refractivity contribution in [2.45, 2.75) is 45.4 Å². The summed E-state index contributed by atoms with van der Waals surface area (Å²) >= 11 is 3.57. The number of hydrogen-bond donors (Lipinski definition) is 0. The molecule has 4 aliphatic heterocycles.